The van der Waals surface area contributed by atoms with Crippen molar-refractivity contribution >= 4 is 21.6 Å². The van der Waals surface area contributed by atoms with Crippen molar-refractivity contribution in [3.8, 4) is 5.75 Å². The van der Waals surface area contributed by atoms with Gasteiger partial charge >= 0.3 is 0 Å². The number of amides is 1. The van der Waals surface area contributed by atoms with E-state index in [2.05, 4.69) is 14.9 Å². The van der Waals surface area contributed by atoms with Crippen LogP contribution in [-0.4, -0.2) is 37.1 Å². The first-order valence-corrected chi connectivity index (χ1v) is 11.2. The van der Waals surface area contributed by atoms with Gasteiger partial charge in [0.2, 0.25) is 15.9 Å². The van der Waals surface area contributed by atoms with Crippen LogP contribution < -0.4 is 14.4 Å². The van der Waals surface area contributed by atoms with Crippen molar-refractivity contribution in [1.82, 2.24) is 14.9 Å². The molecule has 1 aliphatic carbocycles. The Hall–Kier alpha value is -2.46. The SMILES string of the molecule is Cc1nc(CN2C(=O)COc3cc(S(=O)(=O)NC4CCCCC4)c(C)cc32)no1. The topological polar surface area (TPSA) is 115 Å². The summed E-state index contributed by atoms with van der Waals surface area (Å²) in [4.78, 5) is 18.2. The van der Waals surface area contributed by atoms with Crippen molar-refractivity contribution in [2.24, 2.45) is 0 Å². The molecule has 1 aromatic heterocycles. The smallest absolute Gasteiger partial charge is 0.265 e. The van der Waals surface area contributed by atoms with Crippen LogP contribution in [0.15, 0.2) is 21.6 Å². The van der Waals surface area contributed by atoms with Crippen LogP contribution in [0.5, 0.6) is 5.75 Å². The first kappa shape index (κ1) is 19.8. The zero-order chi connectivity index (χ0) is 20.6. The van der Waals surface area contributed by atoms with E-state index in [4.69, 9.17) is 9.26 Å². The summed E-state index contributed by atoms with van der Waals surface area (Å²) < 4.78 is 39.3. The third kappa shape index (κ3) is 4.13. The van der Waals surface area contributed by atoms with Gasteiger partial charge in [-0.05, 0) is 31.4 Å². The lowest BCUT2D eigenvalue weighted by atomic mass is 9.96. The van der Waals surface area contributed by atoms with E-state index in [1.165, 1.54) is 11.0 Å². The van der Waals surface area contributed by atoms with Gasteiger partial charge in [0.15, 0.2) is 12.4 Å². The van der Waals surface area contributed by atoms with E-state index in [1.54, 1.807) is 19.9 Å². The number of rotatable bonds is 5. The van der Waals surface area contributed by atoms with E-state index in [0.29, 0.717) is 28.7 Å². The van der Waals surface area contributed by atoms with Crippen molar-refractivity contribution in [2.45, 2.75) is 63.4 Å². The number of sulfonamides is 1. The van der Waals surface area contributed by atoms with Crippen LogP contribution in [0, 0.1) is 13.8 Å². The number of hydrogen-bond donors (Lipinski definition) is 1. The van der Waals surface area contributed by atoms with Gasteiger partial charge in [0, 0.05) is 19.0 Å². The van der Waals surface area contributed by atoms with Crippen LogP contribution in [0.1, 0.15) is 49.4 Å². The number of ether oxygens (including phenoxy) is 1. The molecule has 1 aliphatic heterocycles. The van der Waals surface area contributed by atoms with Crippen molar-refractivity contribution in [2.75, 3.05) is 11.5 Å². The Morgan fingerprint density at radius 2 is 1.97 bits per heavy atom. The van der Waals surface area contributed by atoms with Gasteiger partial charge in [0.25, 0.3) is 5.91 Å². The number of benzene rings is 1. The Morgan fingerprint density at radius 1 is 1.21 bits per heavy atom. The van der Waals surface area contributed by atoms with E-state index in [-0.39, 0.29) is 30.0 Å². The van der Waals surface area contributed by atoms with Gasteiger partial charge in [0.1, 0.15) is 5.75 Å². The maximum Gasteiger partial charge on any atom is 0.265 e. The molecule has 0 radical (unpaired) electrons. The molecule has 0 bridgehead atoms. The normalized spacial score (nSPS) is 17.9. The fourth-order valence-electron chi connectivity index (χ4n) is 3.85. The van der Waals surface area contributed by atoms with Crippen LogP contribution in [0.2, 0.25) is 0 Å². The second-order valence-electron chi connectivity index (χ2n) is 7.54. The lowest BCUT2D eigenvalue weighted by Gasteiger charge is -2.30. The monoisotopic (exact) mass is 420 g/mol. The largest absolute Gasteiger partial charge is 0.482 e. The molecule has 2 aliphatic rings. The maximum absolute atomic E-state index is 13.0. The summed E-state index contributed by atoms with van der Waals surface area (Å²) in [5.74, 6) is 0.874. The van der Waals surface area contributed by atoms with E-state index >= 15 is 0 Å². The highest BCUT2D eigenvalue weighted by molar-refractivity contribution is 7.89. The molecule has 2 heterocycles. The Kier molecular flexibility index (Phi) is 5.30. The van der Waals surface area contributed by atoms with E-state index in [1.807, 2.05) is 0 Å². The summed E-state index contributed by atoms with van der Waals surface area (Å²) in [5.41, 5.74) is 1.04. The minimum absolute atomic E-state index is 0.0374. The summed E-state index contributed by atoms with van der Waals surface area (Å²) in [6.07, 6.45) is 4.92. The highest BCUT2D eigenvalue weighted by Crippen LogP contribution is 2.37. The van der Waals surface area contributed by atoms with Crippen LogP contribution in [0.25, 0.3) is 0 Å². The Balaban J connectivity index is 1.63. The molecule has 0 unspecified atom stereocenters. The minimum Gasteiger partial charge on any atom is -0.482 e. The standard InChI is InChI=1S/C19H24N4O5S/c1-12-8-15-16(9-17(12)29(25,26)22-14-6-4-3-5-7-14)27-11-19(24)23(15)10-18-20-13(2)28-21-18/h8-9,14,22H,3-7,10-11H2,1-2H3. The molecule has 156 valence electrons. The first-order valence-electron chi connectivity index (χ1n) is 9.73. The molecule has 10 heteroatoms. The van der Waals surface area contributed by atoms with Gasteiger partial charge < -0.3 is 9.26 Å². The van der Waals surface area contributed by atoms with Gasteiger partial charge in [-0.1, -0.05) is 24.4 Å². The third-order valence-electron chi connectivity index (χ3n) is 5.29. The van der Waals surface area contributed by atoms with Crippen LogP contribution in [0.4, 0.5) is 5.69 Å². The molecule has 1 aromatic carbocycles. The van der Waals surface area contributed by atoms with Gasteiger partial charge in [0.05, 0.1) is 17.1 Å². The van der Waals surface area contributed by atoms with E-state index in [9.17, 15) is 13.2 Å². The molecule has 4 rings (SSSR count). The van der Waals surface area contributed by atoms with Crippen LogP contribution in [0.3, 0.4) is 0 Å². The number of nitrogens with zero attached hydrogens (tertiary/aromatic N) is 3. The van der Waals surface area contributed by atoms with E-state index in [0.717, 1.165) is 32.1 Å². The van der Waals surface area contributed by atoms with Crippen LogP contribution >= 0.6 is 0 Å². The fraction of sp³-hybridized carbons (Fsp3) is 0.526. The quantitative estimate of drug-likeness (QED) is 0.789. The number of hydrogen-bond acceptors (Lipinski definition) is 7. The van der Waals surface area contributed by atoms with Gasteiger partial charge in [-0.3, -0.25) is 9.69 Å². The van der Waals surface area contributed by atoms with Gasteiger partial charge in [-0.2, -0.15) is 4.98 Å². The summed E-state index contributed by atoms with van der Waals surface area (Å²) >= 11 is 0. The number of fused-ring (bicyclic) bond motifs is 1. The van der Waals surface area contributed by atoms with E-state index < -0.39 is 10.0 Å². The predicted octanol–water partition coefficient (Wildman–Crippen LogP) is 2.22. The highest BCUT2D eigenvalue weighted by atomic mass is 32.2. The Morgan fingerprint density at radius 3 is 2.66 bits per heavy atom. The fourth-order valence-corrected chi connectivity index (χ4v) is 5.39. The molecule has 1 N–H and O–H groups in total. The molecule has 29 heavy (non-hydrogen) atoms. The molecule has 1 amide bonds. The Bertz CT molecular complexity index is 1030. The zero-order valence-corrected chi connectivity index (χ0v) is 17.3. The summed E-state index contributed by atoms with van der Waals surface area (Å²) in [6.45, 7) is 3.33. The molecule has 0 atom stereocenters. The number of aryl methyl sites for hydroxylation is 2. The minimum atomic E-state index is -3.68. The maximum atomic E-state index is 13.0. The molecule has 1 fully saturated rings. The predicted molar refractivity (Wildman–Crippen MR) is 104 cm³/mol. The van der Waals surface area contributed by atoms with Crippen LogP contribution in [-0.2, 0) is 21.4 Å². The summed E-state index contributed by atoms with van der Waals surface area (Å²) in [7, 11) is -3.68. The first-order chi connectivity index (χ1) is 13.8. The molecule has 2 aromatic rings. The van der Waals surface area contributed by atoms with Crippen molar-refractivity contribution in [3.05, 3.63) is 29.4 Å². The Labute approximate surface area is 169 Å². The molecular formula is C19H24N4O5S. The molecule has 0 saturated heterocycles. The van der Waals surface area contributed by atoms with Gasteiger partial charge in [-0.25, -0.2) is 13.1 Å². The number of nitrogens with one attached hydrogen (secondary N) is 1. The second kappa shape index (κ2) is 7.75. The highest BCUT2D eigenvalue weighted by Gasteiger charge is 2.31. The van der Waals surface area contributed by atoms with Gasteiger partial charge in [-0.15, -0.1) is 0 Å². The van der Waals surface area contributed by atoms with Crippen molar-refractivity contribution < 1.29 is 22.5 Å². The number of carbonyl (C=O) groups excluding carboxylic acids is 1. The van der Waals surface area contributed by atoms with Crippen molar-refractivity contribution in [1.29, 1.82) is 0 Å². The van der Waals surface area contributed by atoms with Crippen molar-refractivity contribution in [3.63, 3.8) is 0 Å². The summed E-state index contributed by atoms with van der Waals surface area (Å²) in [5, 5.41) is 3.83. The molecular weight excluding hydrogens is 396 g/mol. The lowest BCUT2D eigenvalue weighted by Crippen LogP contribution is -2.39. The molecule has 1 saturated carbocycles. The average Bonchev–Trinajstić information content (AvgIpc) is 3.09. The average molecular weight is 420 g/mol. The number of anilines is 1. The lowest BCUT2D eigenvalue weighted by molar-refractivity contribution is -0.121. The number of aromatic nitrogens is 2. The zero-order valence-electron chi connectivity index (χ0n) is 16.5. The molecule has 0 spiro atoms. The second-order valence-corrected chi connectivity index (χ2v) is 9.22. The third-order valence-corrected chi connectivity index (χ3v) is 6.95. The number of carbonyl (C=O) groups is 1. The summed E-state index contributed by atoms with van der Waals surface area (Å²) in [6, 6.07) is 3.12. The molecule has 9 nitrogen and oxygen atoms in total.